The molecule has 0 unspecified atom stereocenters. The molecule has 1 N–H and O–H groups in total. The number of halogens is 3. The minimum Gasteiger partial charge on any atom is -0.550 e. The third kappa shape index (κ3) is 3.44. The van der Waals surface area contributed by atoms with E-state index in [1.165, 1.54) is 6.07 Å². The molecule has 140 valence electrons. The number of aliphatic carboxylic acids is 1. The fourth-order valence-corrected chi connectivity index (χ4v) is 3.62. The van der Waals surface area contributed by atoms with E-state index in [-0.39, 0.29) is 12.1 Å². The molecule has 0 aliphatic carbocycles. The van der Waals surface area contributed by atoms with Gasteiger partial charge in [-0.2, -0.15) is 13.2 Å². The third-order valence-electron chi connectivity index (χ3n) is 5.03. The molecule has 1 atom stereocenters. The molecule has 3 rings (SSSR count). The zero-order valence-corrected chi connectivity index (χ0v) is 13.7. The minimum absolute atomic E-state index is 0.0960. The predicted octanol–water partition coefficient (Wildman–Crippen LogP) is -0.618. The molecule has 0 bridgehead atoms. The molecule has 26 heavy (non-hydrogen) atoms. The number of nitrogens with zero attached hydrogens (tertiary/aromatic N) is 1. The molecule has 0 aromatic heterocycles. The average molecular weight is 370 g/mol. The molecule has 0 saturated carbocycles. The normalized spacial score (nSPS) is 27.0. The van der Waals surface area contributed by atoms with Crippen LogP contribution in [0.1, 0.15) is 24.8 Å². The molecular weight excluding hydrogens is 353 g/mol. The number of carboxylic acid groups (broad SMARTS) is 1. The summed E-state index contributed by atoms with van der Waals surface area (Å²) in [4.78, 5) is 37.4. The lowest BCUT2D eigenvalue weighted by molar-refractivity contribution is -0.920. The topological polar surface area (TPSA) is 81.9 Å². The van der Waals surface area contributed by atoms with Gasteiger partial charge in [0, 0.05) is 24.7 Å². The van der Waals surface area contributed by atoms with Crippen LogP contribution in [0.4, 0.5) is 18.9 Å². The van der Waals surface area contributed by atoms with Crippen molar-refractivity contribution in [3.63, 3.8) is 0 Å². The van der Waals surface area contributed by atoms with Gasteiger partial charge in [0.2, 0.25) is 5.91 Å². The van der Waals surface area contributed by atoms with Crippen molar-refractivity contribution in [1.82, 2.24) is 0 Å². The van der Waals surface area contributed by atoms with Crippen LogP contribution < -0.4 is 14.9 Å². The van der Waals surface area contributed by atoms with Crippen molar-refractivity contribution in [1.29, 1.82) is 0 Å². The van der Waals surface area contributed by atoms with Crippen LogP contribution in [0.15, 0.2) is 24.3 Å². The highest BCUT2D eigenvalue weighted by atomic mass is 19.4. The van der Waals surface area contributed by atoms with E-state index in [9.17, 15) is 32.7 Å². The van der Waals surface area contributed by atoms with Crippen molar-refractivity contribution in [3.05, 3.63) is 29.8 Å². The molecule has 6 nitrogen and oxygen atoms in total. The van der Waals surface area contributed by atoms with Gasteiger partial charge in [-0.25, -0.2) is 4.90 Å². The van der Waals surface area contributed by atoms with Crippen LogP contribution in [0.5, 0.6) is 0 Å². The van der Waals surface area contributed by atoms with E-state index in [0.29, 0.717) is 25.9 Å². The highest BCUT2D eigenvalue weighted by molar-refractivity contribution is 6.21. The number of carboxylic acids is 1. The second-order valence-corrected chi connectivity index (χ2v) is 6.62. The maximum absolute atomic E-state index is 12.9. The van der Waals surface area contributed by atoms with Gasteiger partial charge in [-0.1, -0.05) is 6.07 Å². The summed E-state index contributed by atoms with van der Waals surface area (Å²) in [6.45, 7) is 0.803. The Bertz CT molecular complexity index is 742. The number of amides is 2. The van der Waals surface area contributed by atoms with Gasteiger partial charge >= 0.3 is 6.18 Å². The molecule has 2 saturated heterocycles. The number of quaternary nitrogens is 1. The van der Waals surface area contributed by atoms with Crippen LogP contribution in [-0.4, -0.2) is 36.9 Å². The molecule has 1 aromatic carbocycles. The average Bonchev–Trinajstić information content (AvgIpc) is 2.89. The lowest BCUT2D eigenvalue weighted by atomic mass is 9.96. The summed E-state index contributed by atoms with van der Waals surface area (Å²) in [5.41, 5.74) is -1.03. The fraction of sp³-hybridized carbons (Fsp3) is 0.471. The zero-order valence-electron chi connectivity index (χ0n) is 13.7. The number of piperidine rings is 1. The van der Waals surface area contributed by atoms with Crippen LogP contribution in [0.25, 0.3) is 0 Å². The number of nitrogens with one attached hydrogen (secondary N) is 1. The molecular formula is C17H17F3N2O4. The van der Waals surface area contributed by atoms with Gasteiger partial charge in [0.25, 0.3) is 5.91 Å². The van der Waals surface area contributed by atoms with Gasteiger partial charge in [0.1, 0.15) is 0 Å². The van der Waals surface area contributed by atoms with Crippen molar-refractivity contribution in [2.45, 2.75) is 31.5 Å². The Hall–Kier alpha value is -2.42. The molecule has 2 heterocycles. The van der Waals surface area contributed by atoms with Crippen molar-refractivity contribution < 1.29 is 37.6 Å². The molecule has 2 fully saturated rings. The van der Waals surface area contributed by atoms with Gasteiger partial charge in [0.05, 0.1) is 30.8 Å². The third-order valence-corrected chi connectivity index (χ3v) is 5.03. The quantitative estimate of drug-likeness (QED) is 0.720. The summed E-state index contributed by atoms with van der Waals surface area (Å²) in [6.07, 6.45) is -3.97. The van der Waals surface area contributed by atoms with Crippen LogP contribution in [-0.2, 0) is 20.6 Å². The van der Waals surface area contributed by atoms with E-state index in [1.807, 2.05) is 0 Å². The Morgan fingerprint density at radius 1 is 1.19 bits per heavy atom. The summed E-state index contributed by atoms with van der Waals surface area (Å²) in [7, 11) is 0. The molecule has 2 amide bonds. The van der Waals surface area contributed by atoms with Crippen molar-refractivity contribution in [2.75, 3.05) is 18.0 Å². The predicted molar refractivity (Wildman–Crippen MR) is 80.8 cm³/mol. The van der Waals surface area contributed by atoms with Gasteiger partial charge in [-0.05, 0) is 18.2 Å². The number of carbonyl (C=O) groups excluding carboxylic acids is 3. The summed E-state index contributed by atoms with van der Waals surface area (Å²) in [5.74, 6) is -2.78. The van der Waals surface area contributed by atoms with Crippen LogP contribution in [0.2, 0.25) is 0 Å². The van der Waals surface area contributed by atoms with Gasteiger partial charge < -0.3 is 14.8 Å². The van der Waals surface area contributed by atoms with Crippen molar-refractivity contribution in [3.8, 4) is 0 Å². The number of alkyl halides is 3. The zero-order chi connectivity index (χ0) is 19.1. The number of carbonyl (C=O) groups is 3. The Labute approximate surface area is 147 Å². The number of anilines is 1. The first kappa shape index (κ1) is 18.4. The SMILES string of the molecule is O=C([O-])C1CC[NH+]([C@@H]2CC(=O)N(c3cccc(C(F)(F)F)c3)C2=O)CC1. The minimum atomic E-state index is -4.57. The van der Waals surface area contributed by atoms with Gasteiger partial charge in [-0.3, -0.25) is 9.59 Å². The number of rotatable bonds is 3. The van der Waals surface area contributed by atoms with E-state index >= 15 is 0 Å². The lowest BCUT2D eigenvalue weighted by Gasteiger charge is -2.32. The Balaban J connectivity index is 1.77. The largest absolute Gasteiger partial charge is 0.550 e. The van der Waals surface area contributed by atoms with Crippen LogP contribution in [0.3, 0.4) is 0 Å². The number of benzene rings is 1. The lowest BCUT2D eigenvalue weighted by Crippen LogP contribution is -3.17. The summed E-state index contributed by atoms with van der Waals surface area (Å²) in [5, 5.41) is 10.9. The monoisotopic (exact) mass is 370 g/mol. The number of hydrogen-bond acceptors (Lipinski definition) is 4. The Kier molecular flexibility index (Phi) is 4.74. The molecule has 0 radical (unpaired) electrons. The Morgan fingerprint density at radius 2 is 1.85 bits per heavy atom. The number of likely N-dealkylation sites (tertiary alicyclic amines) is 1. The summed E-state index contributed by atoms with van der Waals surface area (Å²) >= 11 is 0. The van der Waals surface area contributed by atoms with E-state index in [4.69, 9.17) is 0 Å². The fourth-order valence-electron chi connectivity index (χ4n) is 3.62. The molecule has 1 aromatic rings. The second kappa shape index (κ2) is 6.71. The summed E-state index contributed by atoms with van der Waals surface area (Å²) in [6, 6.07) is 3.42. The number of imide groups is 1. The van der Waals surface area contributed by atoms with Crippen molar-refractivity contribution in [2.24, 2.45) is 5.92 Å². The smallest absolute Gasteiger partial charge is 0.416 e. The van der Waals surface area contributed by atoms with Crippen molar-refractivity contribution >= 4 is 23.5 Å². The van der Waals surface area contributed by atoms with E-state index in [0.717, 1.165) is 28.0 Å². The Morgan fingerprint density at radius 3 is 2.42 bits per heavy atom. The molecule has 2 aliphatic heterocycles. The first-order chi connectivity index (χ1) is 12.2. The first-order valence-corrected chi connectivity index (χ1v) is 8.28. The summed E-state index contributed by atoms with van der Waals surface area (Å²) < 4.78 is 38.6. The number of hydrogen-bond donors (Lipinski definition) is 1. The molecule has 0 spiro atoms. The van der Waals surface area contributed by atoms with E-state index in [2.05, 4.69) is 0 Å². The highest BCUT2D eigenvalue weighted by Crippen LogP contribution is 2.32. The van der Waals surface area contributed by atoms with Gasteiger partial charge in [0.15, 0.2) is 6.04 Å². The second-order valence-electron chi connectivity index (χ2n) is 6.62. The van der Waals surface area contributed by atoms with Gasteiger partial charge in [-0.15, -0.1) is 0 Å². The van der Waals surface area contributed by atoms with Crippen LogP contribution >= 0.6 is 0 Å². The van der Waals surface area contributed by atoms with E-state index in [1.54, 1.807) is 0 Å². The molecule has 2 aliphatic rings. The molecule has 9 heteroatoms. The maximum Gasteiger partial charge on any atom is 0.416 e. The van der Waals surface area contributed by atoms with Crippen LogP contribution in [0, 0.1) is 5.92 Å². The van der Waals surface area contributed by atoms with E-state index < -0.39 is 41.5 Å². The first-order valence-electron chi connectivity index (χ1n) is 8.28. The standard InChI is InChI=1S/C17H17F3N2O4/c18-17(19,20)11-2-1-3-12(8-11)22-14(23)9-13(15(22)24)21-6-4-10(5-7-21)16(25)26/h1-3,8,10,13H,4-7,9H2,(H,25,26)/t13-/m1/s1. The highest BCUT2D eigenvalue weighted by Gasteiger charge is 2.47. The maximum atomic E-state index is 12.9.